The lowest BCUT2D eigenvalue weighted by Crippen LogP contribution is -2.42. The summed E-state index contributed by atoms with van der Waals surface area (Å²) in [6.07, 6.45) is 1.72. The Balaban J connectivity index is 1.64. The lowest BCUT2D eigenvalue weighted by Gasteiger charge is -2.33. The zero-order valence-electron chi connectivity index (χ0n) is 21.1. The van der Waals surface area contributed by atoms with Crippen molar-refractivity contribution in [1.29, 1.82) is 0 Å². The Bertz CT molecular complexity index is 972. The Morgan fingerprint density at radius 1 is 1.06 bits per heavy atom. The van der Waals surface area contributed by atoms with Gasteiger partial charge >= 0.3 is 6.09 Å². The lowest BCUT2D eigenvalue weighted by molar-refractivity contribution is -0.117. The van der Waals surface area contributed by atoms with Gasteiger partial charge in [0.25, 0.3) is 0 Å². The fourth-order valence-corrected chi connectivity index (χ4v) is 3.82. The zero-order chi connectivity index (χ0) is 24.4. The van der Waals surface area contributed by atoms with E-state index in [9.17, 15) is 9.59 Å². The highest BCUT2D eigenvalue weighted by molar-refractivity contribution is 5.90. The molecule has 1 aromatic carbocycles. The molecular formula is C26H38N4O3. The average Bonchev–Trinajstić information content (AvgIpc) is 3.12. The van der Waals surface area contributed by atoms with Crippen LogP contribution in [-0.2, 0) is 14.9 Å². The fraction of sp³-hybridized carbons (Fsp3) is 0.577. The van der Waals surface area contributed by atoms with E-state index in [2.05, 4.69) is 26.1 Å². The van der Waals surface area contributed by atoms with Crippen LogP contribution >= 0.6 is 0 Å². The number of aromatic nitrogens is 2. The molecule has 2 amide bonds. The van der Waals surface area contributed by atoms with Crippen LogP contribution in [0, 0.1) is 12.8 Å². The summed E-state index contributed by atoms with van der Waals surface area (Å²) in [6.45, 7) is 15.2. The van der Waals surface area contributed by atoms with Gasteiger partial charge in [0.2, 0.25) is 5.91 Å². The molecule has 1 aliphatic rings. The molecule has 0 aliphatic carbocycles. The average molecular weight is 455 g/mol. The zero-order valence-corrected chi connectivity index (χ0v) is 21.1. The van der Waals surface area contributed by atoms with Gasteiger partial charge in [-0.25, -0.2) is 9.48 Å². The number of aryl methyl sites for hydroxylation is 1. The van der Waals surface area contributed by atoms with Gasteiger partial charge in [-0.2, -0.15) is 5.10 Å². The number of benzene rings is 1. The van der Waals surface area contributed by atoms with Crippen molar-refractivity contribution >= 4 is 17.8 Å². The van der Waals surface area contributed by atoms with Gasteiger partial charge in [-0.1, -0.05) is 38.5 Å². The number of ether oxygens (including phenoxy) is 1. The van der Waals surface area contributed by atoms with Crippen molar-refractivity contribution in [3.63, 3.8) is 0 Å². The smallest absolute Gasteiger partial charge is 0.410 e. The predicted molar refractivity (Wildman–Crippen MR) is 131 cm³/mol. The maximum atomic E-state index is 12.9. The van der Waals surface area contributed by atoms with Crippen LogP contribution in [0.3, 0.4) is 0 Å². The van der Waals surface area contributed by atoms with Crippen molar-refractivity contribution in [3.8, 4) is 5.69 Å². The molecule has 33 heavy (non-hydrogen) atoms. The first-order chi connectivity index (χ1) is 15.3. The van der Waals surface area contributed by atoms with Crippen molar-refractivity contribution < 1.29 is 14.3 Å². The van der Waals surface area contributed by atoms with Gasteiger partial charge in [-0.15, -0.1) is 0 Å². The number of piperidine rings is 1. The molecular weight excluding hydrogens is 416 g/mol. The van der Waals surface area contributed by atoms with E-state index in [4.69, 9.17) is 9.84 Å². The van der Waals surface area contributed by atoms with E-state index in [1.165, 1.54) is 5.56 Å². The summed E-state index contributed by atoms with van der Waals surface area (Å²) in [4.78, 5) is 26.9. The van der Waals surface area contributed by atoms with E-state index < -0.39 is 5.60 Å². The summed E-state index contributed by atoms with van der Waals surface area (Å²) in [5.41, 5.74) is 2.37. The number of likely N-dealkylation sites (tertiary alicyclic amines) is 1. The van der Waals surface area contributed by atoms with E-state index in [1.807, 2.05) is 62.7 Å². The van der Waals surface area contributed by atoms with Gasteiger partial charge in [-0.05, 0) is 58.6 Å². The maximum Gasteiger partial charge on any atom is 0.410 e. The number of carbonyl (C=O) groups is 2. The molecule has 0 saturated carbocycles. The lowest BCUT2D eigenvalue weighted by atomic mass is 9.92. The summed E-state index contributed by atoms with van der Waals surface area (Å²) in [7, 11) is 0. The Morgan fingerprint density at radius 2 is 1.67 bits per heavy atom. The Labute approximate surface area is 197 Å². The van der Waals surface area contributed by atoms with E-state index in [0.717, 1.165) is 24.2 Å². The molecule has 3 rings (SSSR count). The molecule has 0 spiro atoms. The summed E-state index contributed by atoms with van der Waals surface area (Å²) in [6, 6.07) is 10.1. The van der Waals surface area contributed by atoms with E-state index in [0.29, 0.717) is 25.3 Å². The molecule has 1 aromatic heterocycles. The molecule has 1 aliphatic heterocycles. The van der Waals surface area contributed by atoms with Gasteiger partial charge in [-0.3, -0.25) is 4.79 Å². The molecule has 180 valence electrons. The highest BCUT2D eigenvalue weighted by Gasteiger charge is 2.28. The second kappa shape index (κ2) is 9.57. The van der Waals surface area contributed by atoms with Crippen molar-refractivity contribution in [2.75, 3.05) is 18.4 Å². The molecule has 0 unspecified atom stereocenters. The van der Waals surface area contributed by atoms with Crippen LogP contribution in [0.25, 0.3) is 5.69 Å². The van der Waals surface area contributed by atoms with E-state index in [-0.39, 0.29) is 23.3 Å². The molecule has 0 radical (unpaired) electrons. The SMILES string of the molecule is Cc1ccc(-n2nc(C(C)(C)C)cc2NC(=O)CC2CCN(C(=O)OC(C)(C)C)CC2)cc1. The Hall–Kier alpha value is -2.83. The minimum absolute atomic E-state index is 0.0283. The maximum absolute atomic E-state index is 12.9. The Kier molecular flexibility index (Phi) is 7.20. The van der Waals surface area contributed by atoms with Crippen LogP contribution < -0.4 is 5.32 Å². The first-order valence-electron chi connectivity index (χ1n) is 11.8. The third-order valence-electron chi connectivity index (χ3n) is 5.76. The number of nitrogens with one attached hydrogen (secondary N) is 1. The van der Waals surface area contributed by atoms with Crippen LogP contribution in [0.15, 0.2) is 30.3 Å². The second-order valence-electron chi connectivity index (χ2n) is 11.1. The van der Waals surface area contributed by atoms with Gasteiger partial charge in [0.05, 0.1) is 11.4 Å². The van der Waals surface area contributed by atoms with Gasteiger partial charge in [0, 0.05) is 31.0 Å². The highest BCUT2D eigenvalue weighted by atomic mass is 16.6. The van der Waals surface area contributed by atoms with Crippen molar-refractivity contribution in [2.24, 2.45) is 5.92 Å². The normalized spacial score (nSPS) is 15.4. The van der Waals surface area contributed by atoms with Crippen LogP contribution in [0.5, 0.6) is 0 Å². The number of carbonyl (C=O) groups excluding carboxylic acids is 2. The van der Waals surface area contributed by atoms with Crippen molar-refractivity contribution in [2.45, 2.75) is 78.7 Å². The summed E-state index contributed by atoms with van der Waals surface area (Å²) < 4.78 is 7.27. The largest absolute Gasteiger partial charge is 0.444 e. The number of hydrogen-bond donors (Lipinski definition) is 1. The van der Waals surface area contributed by atoms with Crippen molar-refractivity contribution in [1.82, 2.24) is 14.7 Å². The van der Waals surface area contributed by atoms with E-state index >= 15 is 0 Å². The molecule has 0 bridgehead atoms. The predicted octanol–water partition coefficient (Wildman–Crippen LogP) is 5.45. The first-order valence-corrected chi connectivity index (χ1v) is 11.8. The number of hydrogen-bond acceptors (Lipinski definition) is 4. The van der Waals surface area contributed by atoms with Gasteiger partial charge in [0.15, 0.2) is 0 Å². The summed E-state index contributed by atoms with van der Waals surface area (Å²) >= 11 is 0. The number of anilines is 1. The van der Waals surface area contributed by atoms with Crippen LogP contribution in [0.1, 0.15) is 72.1 Å². The number of nitrogens with zero attached hydrogens (tertiary/aromatic N) is 3. The number of rotatable bonds is 4. The van der Waals surface area contributed by atoms with Crippen LogP contribution in [0.2, 0.25) is 0 Å². The number of amides is 2. The summed E-state index contributed by atoms with van der Waals surface area (Å²) in [5, 5.41) is 7.87. The molecule has 0 atom stereocenters. The molecule has 1 N–H and O–H groups in total. The van der Waals surface area contributed by atoms with Gasteiger partial charge < -0.3 is 15.0 Å². The van der Waals surface area contributed by atoms with Crippen molar-refractivity contribution in [3.05, 3.63) is 41.6 Å². The second-order valence-corrected chi connectivity index (χ2v) is 11.1. The topological polar surface area (TPSA) is 76.5 Å². The van der Waals surface area contributed by atoms with Crippen LogP contribution in [-0.4, -0.2) is 45.4 Å². The molecule has 2 aromatic rings. The monoisotopic (exact) mass is 454 g/mol. The van der Waals surface area contributed by atoms with Crippen LogP contribution in [0.4, 0.5) is 10.6 Å². The standard InChI is InChI=1S/C26H38N4O3/c1-18-8-10-20(11-9-18)30-22(17-21(28-30)25(2,3)4)27-23(31)16-19-12-14-29(15-13-19)24(32)33-26(5,6)7/h8-11,17,19H,12-16H2,1-7H3,(H,27,31). The Morgan fingerprint density at radius 3 is 2.21 bits per heavy atom. The summed E-state index contributed by atoms with van der Waals surface area (Å²) in [5.74, 6) is 0.890. The van der Waals surface area contributed by atoms with Gasteiger partial charge in [0.1, 0.15) is 11.4 Å². The third kappa shape index (κ3) is 6.83. The minimum atomic E-state index is -0.500. The minimum Gasteiger partial charge on any atom is -0.444 e. The quantitative estimate of drug-likeness (QED) is 0.666. The molecule has 1 fully saturated rings. The fourth-order valence-electron chi connectivity index (χ4n) is 3.82. The highest BCUT2D eigenvalue weighted by Crippen LogP contribution is 2.28. The first kappa shape index (κ1) is 24.8. The molecule has 7 nitrogen and oxygen atoms in total. The van der Waals surface area contributed by atoms with E-state index in [1.54, 1.807) is 4.90 Å². The molecule has 2 heterocycles. The third-order valence-corrected chi connectivity index (χ3v) is 5.76. The molecule has 1 saturated heterocycles. The molecule has 7 heteroatoms.